The van der Waals surface area contributed by atoms with Crippen LogP contribution in [-0.2, 0) is 0 Å². The zero-order valence-electron chi connectivity index (χ0n) is 8.72. The van der Waals surface area contributed by atoms with Crippen LogP contribution in [0, 0.1) is 0 Å². The van der Waals surface area contributed by atoms with E-state index in [1.807, 2.05) is 18.2 Å². The molecule has 0 spiro atoms. The lowest BCUT2D eigenvalue weighted by Crippen LogP contribution is -2.31. The van der Waals surface area contributed by atoms with Crippen molar-refractivity contribution in [3.8, 4) is 0 Å². The van der Waals surface area contributed by atoms with E-state index in [0.29, 0.717) is 0 Å². The van der Waals surface area contributed by atoms with E-state index in [4.69, 9.17) is 5.73 Å². The molecular formula is C12H18N2. The summed E-state index contributed by atoms with van der Waals surface area (Å²) >= 11 is 0. The summed E-state index contributed by atoms with van der Waals surface area (Å²) in [6, 6.07) is 7.99. The van der Waals surface area contributed by atoms with Gasteiger partial charge in [0.1, 0.15) is 0 Å². The van der Waals surface area contributed by atoms with Crippen molar-refractivity contribution in [2.75, 3.05) is 11.1 Å². The summed E-state index contributed by atoms with van der Waals surface area (Å²) in [5.41, 5.74) is 8.08. The van der Waals surface area contributed by atoms with E-state index < -0.39 is 0 Å². The van der Waals surface area contributed by atoms with E-state index >= 15 is 0 Å². The fraction of sp³-hybridized carbons (Fsp3) is 0.500. The molecule has 1 aliphatic carbocycles. The van der Waals surface area contributed by atoms with Crippen LogP contribution in [0.3, 0.4) is 0 Å². The SMILES string of the molecule is CC1(Nc2ccccc2N)CCCC1. The topological polar surface area (TPSA) is 38.0 Å². The zero-order valence-corrected chi connectivity index (χ0v) is 8.72. The molecule has 1 saturated carbocycles. The van der Waals surface area contributed by atoms with E-state index in [1.165, 1.54) is 25.7 Å². The summed E-state index contributed by atoms with van der Waals surface area (Å²) in [7, 11) is 0. The van der Waals surface area contributed by atoms with Crippen LogP contribution in [0.1, 0.15) is 32.6 Å². The van der Waals surface area contributed by atoms with Crippen molar-refractivity contribution in [2.24, 2.45) is 0 Å². The molecule has 3 N–H and O–H groups in total. The molecule has 2 rings (SSSR count). The van der Waals surface area contributed by atoms with E-state index in [2.05, 4.69) is 18.3 Å². The number of nitrogen functional groups attached to an aromatic ring is 1. The second-order valence-corrected chi connectivity index (χ2v) is 4.48. The highest BCUT2D eigenvalue weighted by molar-refractivity contribution is 5.66. The Bertz CT molecular complexity index is 314. The first kappa shape index (κ1) is 9.38. The fourth-order valence-corrected chi connectivity index (χ4v) is 2.22. The third-order valence-electron chi connectivity index (χ3n) is 3.10. The van der Waals surface area contributed by atoms with Gasteiger partial charge in [0.05, 0.1) is 11.4 Å². The second kappa shape index (κ2) is 3.52. The van der Waals surface area contributed by atoms with Crippen molar-refractivity contribution in [3.63, 3.8) is 0 Å². The first-order valence-corrected chi connectivity index (χ1v) is 5.32. The van der Waals surface area contributed by atoms with Crippen molar-refractivity contribution in [3.05, 3.63) is 24.3 Å². The molecule has 0 atom stereocenters. The minimum Gasteiger partial charge on any atom is -0.397 e. The second-order valence-electron chi connectivity index (χ2n) is 4.48. The van der Waals surface area contributed by atoms with Crippen molar-refractivity contribution in [1.82, 2.24) is 0 Å². The quantitative estimate of drug-likeness (QED) is 0.703. The summed E-state index contributed by atoms with van der Waals surface area (Å²) in [4.78, 5) is 0. The van der Waals surface area contributed by atoms with Crippen LogP contribution in [0.15, 0.2) is 24.3 Å². The molecular weight excluding hydrogens is 172 g/mol. The number of hydrogen-bond donors (Lipinski definition) is 2. The molecule has 0 saturated heterocycles. The summed E-state index contributed by atoms with van der Waals surface area (Å²) in [5.74, 6) is 0. The van der Waals surface area contributed by atoms with Crippen LogP contribution in [0.2, 0.25) is 0 Å². The average molecular weight is 190 g/mol. The minimum absolute atomic E-state index is 0.259. The summed E-state index contributed by atoms with van der Waals surface area (Å²) in [5, 5.41) is 3.56. The van der Waals surface area contributed by atoms with E-state index in [-0.39, 0.29) is 5.54 Å². The zero-order chi connectivity index (χ0) is 10.0. The van der Waals surface area contributed by atoms with Gasteiger partial charge in [0.25, 0.3) is 0 Å². The Kier molecular flexibility index (Phi) is 2.36. The molecule has 0 unspecified atom stereocenters. The normalized spacial score (nSPS) is 19.5. The highest BCUT2D eigenvalue weighted by Gasteiger charge is 2.28. The molecule has 1 aromatic rings. The molecule has 0 heterocycles. The molecule has 14 heavy (non-hydrogen) atoms. The van der Waals surface area contributed by atoms with Gasteiger partial charge in [0.15, 0.2) is 0 Å². The Morgan fingerprint density at radius 1 is 1.21 bits per heavy atom. The van der Waals surface area contributed by atoms with Crippen molar-refractivity contribution in [1.29, 1.82) is 0 Å². The lowest BCUT2D eigenvalue weighted by molar-refractivity contribution is 0.533. The molecule has 2 heteroatoms. The maximum atomic E-state index is 5.90. The number of benzene rings is 1. The van der Waals surface area contributed by atoms with E-state index in [9.17, 15) is 0 Å². The summed E-state index contributed by atoms with van der Waals surface area (Å²) < 4.78 is 0. The minimum atomic E-state index is 0.259. The summed E-state index contributed by atoms with van der Waals surface area (Å²) in [6.07, 6.45) is 5.16. The Hall–Kier alpha value is -1.18. The van der Waals surface area contributed by atoms with Gasteiger partial charge in [-0.15, -0.1) is 0 Å². The molecule has 0 bridgehead atoms. The number of anilines is 2. The third kappa shape index (κ3) is 1.84. The van der Waals surface area contributed by atoms with Gasteiger partial charge in [0, 0.05) is 5.54 Å². The van der Waals surface area contributed by atoms with Crippen molar-refractivity contribution >= 4 is 11.4 Å². The summed E-state index contributed by atoms with van der Waals surface area (Å²) in [6.45, 7) is 2.28. The highest BCUT2D eigenvalue weighted by Crippen LogP contribution is 2.33. The monoisotopic (exact) mass is 190 g/mol. The predicted octanol–water partition coefficient (Wildman–Crippen LogP) is 3.01. The van der Waals surface area contributed by atoms with Crippen LogP contribution in [0.5, 0.6) is 0 Å². The van der Waals surface area contributed by atoms with Gasteiger partial charge >= 0.3 is 0 Å². The highest BCUT2D eigenvalue weighted by atomic mass is 15.0. The first-order chi connectivity index (χ1) is 6.70. The molecule has 1 fully saturated rings. The molecule has 2 nitrogen and oxygen atoms in total. The Morgan fingerprint density at radius 3 is 2.50 bits per heavy atom. The third-order valence-corrected chi connectivity index (χ3v) is 3.10. The largest absolute Gasteiger partial charge is 0.397 e. The van der Waals surface area contributed by atoms with Crippen molar-refractivity contribution in [2.45, 2.75) is 38.1 Å². The molecule has 0 aliphatic heterocycles. The van der Waals surface area contributed by atoms with Gasteiger partial charge in [-0.05, 0) is 31.9 Å². The van der Waals surface area contributed by atoms with Gasteiger partial charge in [0.2, 0.25) is 0 Å². The molecule has 0 aromatic heterocycles. The Morgan fingerprint density at radius 2 is 1.86 bits per heavy atom. The Labute approximate surface area is 85.5 Å². The lowest BCUT2D eigenvalue weighted by Gasteiger charge is -2.27. The van der Waals surface area contributed by atoms with Crippen LogP contribution >= 0.6 is 0 Å². The lowest BCUT2D eigenvalue weighted by atomic mass is 10.00. The molecule has 0 amide bonds. The van der Waals surface area contributed by atoms with Crippen LogP contribution in [0.25, 0.3) is 0 Å². The van der Waals surface area contributed by atoms with Crippen molar-refractivity contribution < 1.29 is 0 Å². The average Bonchev–Trinajstić information content (AvgIpc) is 2.57. The molecule has 1 aliphatic rings. The maximum Gasteiger partial charge on any atom is 0.0578 e. The van der Waals surface area contributed by atoms with Gasteiger partial charge in [-0.25, -0.2) is 0 Å². The van der Waals surface area contributed by atoms with Crippen LogP contribution in [-0.4, -0.2) is 5.54 Å². The molecule has 1 aromatic carbocycles. The molecule has 0 radical (unpaired) electrons. The van der Waals surface area contributed by atoms with Gasteiger partial charge in [-0.2, -0.15) is 0 Å². The number of hydrogen-bond acceptors (Lipinski definition) is 2. The smallest absolute Gasteiger partial charge is 0.0578 e. The van der Waals surface area contributed by atoms with E-state index in [1.54, 1.807) is 0 Å². The number of para-hydroxylation sites is 2. The number of rotatable bonds is 2. The first-order valence-electron chi connectivity index (χ1n) is 5.32. The maximum absolute atomic E-state index is 5.90. The van der Waals surface area contributed by atoms with Crippen LogP contribution < -0.4 is 11.1 Å². The predicted molar refractivity (Wildman–Crippen MR) is 61.4 cm³/mol. The van der Waals surface area contributed by atoms with Gasteiger partial charge < -0.3 is 11.1 Å². The number of nitrogens with one attached hydrogen (secondary N) is 1. The standard InChI is InChI=1S/C12H18N2/c1-12(8-4-5-9-12)14-11-7-3-2-6-10(11)13/h2-3,6-7,14H,4-5,8-9,13H2,1H3. The van der Waals surface area contributed by atoms with Gasteiger partial charge in [-0.3, -0.25) is 0 Å². The van der Waals surface area contributed by atoms with Crippen LogP contribution in [0.4, 0.5) is 11.4 Å². The van der Waals surface area contributed by atoms with Gasteiger partial charge in [-0.1, -0.05) is 25.0 Å². The Balaban J connectivity index is 2.14. The fourth-order valence-electron chi connectivity index (χ4n) is 2.22. The number of nitrogens with two attached hydrogens (primary N) is 1. The van der Waals surface area contributed by atoms with E-state index in [0.717, 1.165) is 11.4 Å². The molecule has 76 valence electrons.